The fourth-order valence-electron chi connectivity index (χ4n) is 4.35. The highest BCUT2D eigenvalue weighted by molar-refractivity contribution is 5.92. The van der Waals surface area contributed by atoms with Crippen LogP contribution in [-0.4, -0.2) is 53.4 Å². The molecule has 6 heteroatoms. The first-order valence-electron chi connectivity index (χ1n) is 12.1. The average Bonchev–Trinajstić information content (AvgIpc) is 3.31. The van der Waals surface area contributed by atoms with Crippen LogP contribution >= 0.6 is 0 Å². The van der Waals surface area contributed by atoms with Gasteiger partial charge in [0.15, 0.2) is 5.76 Å². The molecule has 35 heavy (non-hydrogen) atoms. The van der Waals surface area contributed by atoms with Crippen LogP contribution in [-0.2, 0) is 11.3 Å². The molecule has 5 rings (SSSR count). The molecular formula is C29H30N4O2. The number of amides is 1. The van der Waals surface area contributed by atoms with E-state index in [9.17, 15) is 4.79 Å². The molecule has 0 bridgehead atoms. The number of aromatic nitrogens is 1. The zero-order chi connectivity index (χ0) is 24.0. The Hall–Kier alpha value is -3.74. The highest BCUT2D eigenvalue weighted by atomic mass is 16.4. The molecule has 4 aromatic rings. The summed E-state index contributed by atoms with van der Waals surface area (Å²) in [7, 11) is 0. The summed E-state index contributed by atoms with van der Waals surface area (Å²) in [5.74, 6) is 1.54. The number of benzene rings is 3. The van der Waals surface area contributed by atoms with E-state index in [-0.39, 0.29) is 5.91 Å². The first-order valence-corrected chi connectivity index (χ1v) is 12.1. The van der Waals surface area contributed by atoms with E-state index in [0.29, 0.717) is 19.0 Å². The van der Waals surface area contributed by atoms with Gasteiger partial charge in [0.2, 0.25) is 11.8 Å². The Morgan fingerprint density at radius 1 is 0.829 bits per heavy atom. The van der Waals surface area contributed by atoms with E-state index in [1.165, 1.54) is 5.56 Å². The number of nitrogens with one attached hydrogen (secondary N) is 1. The quantitative estimate of drug-likeness (QED) is 0.412. The van der Waals surface area contributed by atoms with Gasteiger partial charge in [-0.2, -0.15) is 0 Å². The molecule has 2 heterocycles. The van der Waals surface area contributed by atoms with Crippen molar-refractivity contribution in [3.63, 3.8) is 0 Å². The predicted molar refractivity (Wildman–Crippen MR) is 139 cm³/mol. The Bertz CT molecular complexity index is 1190. The summed E-state index contributed by atoms with van der Waals surface area (Å²) in [6, 6.07) is 28.2. The van der Waals surface area contributed by atoms with Gasteiger partial charge in [0, 0.05) is 43.0 Å². The first-order chi connectivity index (χ1) is 17.1. The molecule has 1 aliphatic heterocycles. The maximum absolute atomic E-state index is 12.5. The molecule has 1 saturated heterocycles. The van der Waals surface area contributed by atoms with Crippen LogP contribution in [0.15, 0.2) is 89.3 Å². The monoisotopic (exact) mass is 466 g/mol. The van der Waals surface area contributed by atoms with Gasteiger partial charge in [-0.05, 0) is 19.1 Å². The van der Waals surface area contributed by atoms with E-state index < -0.39 is 0 Å². The zero-order valence-electron chi connectivity index (χ0n) is 20.0. The topological polar surface area (TPSA) is 61.6 Å². The van der Waals surface area contributed by atoms with Gasteiger partial charge in [-0.1, -0.05) is 78.4 Å². The summed E-state index contributed by atoms with van der Waals surface area (Å²) < 4.78 is 6.29. The summed E-state index contributed by atoms with van der Waals surface area (Å²) in [4.78, 5) is 21.9. The van der Waals surface area contributed by atoms with Crippen molar-refractivity contribution in [2.75, 3.05) is 38.0 Å². The third-order valence-corrected chi connectivity index (χ3v) is 6.28. The maximum Gasteiger partial charge on any atom is 0.238 e. The van der Waals surface area contributed by atoms with Crippen molar-refractivity contribution in [3.8, 4) is 22.6 Å². The highest BCUT2D eigenvalue weighted by Gasteiger charge is 2.22. The molecule has 6 nitrogen and oxygen atoms in total. The summed E-state index contributed by atoms with van der Waals surface area (Å²) in [6.07, 6.45) is 0. The SMILES string of the molecule is Cc1ccc(NC(=O)CN2CCN(Cc3nc(-c4ccccc4)c(-c4ccccc4)o3)CC2)cc1. The van der Waals surface area contributed by atoms with Gasteiger partial charge in [0.25, 0.3) is 0 Å². The number of nitrogens with zero attached hydrogens (tertiary/aromatic N) is 3. The normalized spacial score (nSPS) is 14.7. The van der Waals surface area contributed by atoms with Gasteiger partial charge < -0.3 is 9.73 Å². The van der Waals surface area contributed by atoms with E-state index in [1.807, 2.05) is 67.6 Å². The van der Waals surface area contributed by atoms with Crippen LogP contribution in [0.3, 0.4) is 0 Å². The Labute approximate surface area is 206 Å². The second-order valence-electron chi connectivity index (χ2n) is 8.98. The fourth-order valence-corrected chi connectivity index (χ4v) is 4.35. The van der Waals surface area contributed by atoms with Gasteiger partial charge in [0.1, 0.15) is 5.69 Å². The summed E-state index contributed by atoms with van der Waals surface area (Å²) >= 11 is 0. The molecule has 1 N–H and O–H groups in total. The second kappa shape index (κ2) is 10.7. The van der Waals surface area contributed by atoms with Gasteiger partial charge >= 0.3 is 0 Å². The third kappa shape index (κ3) is 5.85. The molecule has 0 aliphatic carbocycles. The lowest BCUT2D eigenvalue weighted by Gasteiger charge is -2.33. The van der Waals surface area contributed by atoms with Gasteiger partial charge in [-0.3, -0.25) is 14.6 Å². The van der Waals surface area contributed by atoms with Crippen molar-refractivity contribution in [1.29, 1.82) is 0 Å². The number of hydrogen-bond acceptors (Lipinski definition) is 5. The average molecular weight is 467 g/mol. The molecule has 1 aliphatic rings. The van der Waals surface area contributed by atoms with E-state index in [2.05, 4.69) is 39.4 Å². The van der Waals surface area contributed by atoms with E-state index in [0.717, 1.165) is 54.4 Å². The summed E-state index contributed by atoms with van der Waals surface area (Å²) in [5, 5.41) is 2.99. The van der Waals surface area contributed by atoms with E-state index in [4.69, 9.17) is 9.40 Å². The molecule has 3 aromatic carbocycles. The first kappa shape index (κ1) is 23.0. The second-order valence-corrected chi connectivity index (χ2v) is 8.98. The Kier molecular flexibility index (Phi) is 7.02. The predicted octanol–water partition coefficient (Wildman–Crippen LogP) is 5.07. The molecule has 1 fully saturated rings. The molecule has 178 valence electrons. The minimum Gasteiger partial charge on any atom is -0.439 e. The minimum absolute atomic E-state index is 0.0232. The molecule has 0 radical (unpaired) electrons. The lowest BCUT2D eigenvalue weighted by molar-refractivity contribution is -0.117. The molecule has 0 spiro atoms. The minimum atomic E-state index is 0.0232. The van der Waals surface area contributed by atoms with E-state index in [1.54, 1.807) is 0 Å². The van der Waals surface area contributed by atoms with Crippen molar-refractivity contribution in [2.24, 2.45) is 0 Å². The number of carbonyl (C=O) groups excluding carboxylic acids is 1. The maximum atomic E-state index is 12.5. The molecule has 1 amide bonds. The summed E-state index contributed by atoms with van der Waals surface area (Å²) in [6.45, 7) is 6.47. The zero-order valence-corrected chi connectivity index (χ0v) is 20.0. The molecule has 0 atom stereocenters. The number of anilines is 1. The summed E-state index contributed by atoms with van der Waals surface area (Å²) in [5.41, 5.74) is 4.96. The van der Waals surface area contributed by atoms with Crippen LogP contribution in [0.2, 0.25) is 0 Å². The Balaban J connectivity index is 1.20. The number of oxazole rings is 1. The highest BCUT2D eigenvalue weighted by Crippen LogP contribution is 2.33. The number of rotatable bonds is 7. The van der Waals surface area contributed by atoms with Crippen LogP contribution in [0.1, 0.15) is 11.5 Å². The smallest absolute Gasteiger partial charge is 0.238 e. The van der Waals surface area contributed by atoms with E-state index >= 15 is 0 Å². The van der Waals surface area contributed by atoms with Crippen molar-refractivity contribution in [3.05, 3.63) is 96.4 Å². The molecule has 0 saturated carbocycles. The van der Waals surface area contributed by atoms with Crippen LogP contribution in [0.25, 0.3) is 22.6 Å². The van der Waals surface area contributed by atoms with Crippen LogP contribution in [0.5, 0.6) is 0 Å². The molecule has 1 aromatic heterocycles. The Morgan fingerprint density at radius 3 is 2.09 bits per heavy atom. The van der Waals surface area contributed by atoms with Crippen LogP contribution in [0, 0.1) is 6.92 Å². The van der Waals surface area contributed by atoms with Gasteiger partial charge in [-0.15, -0.1) is 0 Å². The fraction of sp³-hybridized carbons (Fsp3) is 0.241. The standard InChI is InChI=1S/C29H30N4O2/c1-22-12-14-25(15-13-22)30-26(34)20-32-16-18-33(19-17-32)21-27-31-28(23-8-4-2-5-9-23)29(35-27)24-10-6-3-7-11-24/h2-15H,16-21H2,1H3,(H,30,34). The number of hydrogen-bond donors (Lipinski definition) is 1. The van der Waals surface area contributed by atoms with Crippen LogP contribution < -0.4 is 5.32 Å². The molecule has 0 unspecified atom stereocenters. The van der Waals surface area contributed by atoms with Crippen molar-refractivity contribution < 1.29 is 9.21 Å². The van der Waals surface area contributed by atoms with Gasteiger partial charge in [0.05, 0.1) is 13.1 Å². The number of piperazine rings is 1. The van der Waals surface area contributed by atoms with Crippen molar-refractivity contribution in [1.82, 2.24) is 14.8 Å². The molecular weight excluding hydrogens is 436 g/mol. The lowest BCUT2D eigenvalue weighted by Crippen LogP contribution is -2.48. The lowest BCUT2D eigenvalue weighted by atomic mass is 10.1. The van der Waals surface area contributed by atoms with Crippen molar-refractivity contribution in [2.45, 2.75) is 13.5 Å². The van der Waals surface area contributed by atoms with Crippen molar-refractivity contribution >= 4 is 11.6 Å². The Morgan fingerprint density at radius 2 is 1.43 bits per heavy atom. The largest absolute Gasteiger partial charge is 0.439 e. The van der Waals surface area contributed by atoms with Gasteiger partial charge in [-0.25, -0.2) is 4.98 Å². The third-order valence-electron chi connectivity index (χ3n) is 6.28. The van der Waals surface area contributed by atoms with Crippen LogP contribution in [0.4, 0.5) is 5.69 Å². The number of carbonyl (C=O) groups is 1. The number of aryl methyl sites for hydroxylation is 1.